The van der Waals surface area contributed by atoms with Crippen LogP contribution in [0.15, 0.2) is 36.4 Å². The normalized spacial score (nSPS) is 10.8. The first-order valence-corrected chi connectivity index (χ1v) is 5.92. The fourth-order valence-corrected chi connectivity index (χ4v) is 2.11. The van der Waals surface area contributed by atoms with Crippen LogP contribution < -0.4 is 10.5 Å². The molecular formula is C14H14N4O. The third-order valence-corrected chi connectivity index (χ3v) is 3.09. The highest BCUT2D eigenvalue weighted by molar-refractivity contribution is 5.81. The maximum atomic E-state index is 5.72. The second-order valence-electron chi connectivity index (χ2n) is 4.30. The van der Waals surface area contributed by atoms with E-state index in [1.54, 1.807) is 13.2 Å². The Kier molecular flexibility index (Phi) is 2.59. The van der Waals surface area contributed by atoms with E-state index in [0.29, 0.717) is 5.82 Å². The van der Waals surface area contributed by atoms with Crippen molar-refractivity contribution >= 4 is 16.9 Å². The zero-order chi connectivity index (χ0) is 13.4. The Bertz CT molecular complexity index is 748. The summed E-state index contributed by atoms with van der Waals surface area (Å²) in [5.41, 5.74) is 8.38. The van der Waals surface area contributed by atoms with Crippen LogP contribution in [0.25, 0.3) is 22.6 Å². The second kappa shape index (κ2) is 4.28. The molecule has 0 unspecified atom stereocenters. The Labute approximate surface area is 110 Å². The van der Waals surface area contributed by atoms with Crippen molar-refractivity contribution in [2.75, 3.05) is 12.8 Å². The molecule has 0 saturated heterocycles. The lowest BCUT2D eigenvalue weighted by Gasteiger charge is -2.02. The summed E-state index contributed by atoms with van der Waals surface area (Å²) in [6, 6.07) is 11.3. The SMILES string of the molecule is COc1ccc2c(c1)nc(-c1cccc(N)n1)n2C. The van der Waals surface area contributed by atoms with Gasteiger partial charge >= 0.3 is 0 Å². The average Bonchev–Trinajstić information content (AvgIpc) is 2.75. The van der Waals surface area contributed by atoms with Gasteiger partial charge in [0.2, 0.25) is 0 Å². The van der Waals surface area contributed by atoms with Crippen molar-refractivity contribution in [1.29, 1.82) is 0 Å². The largest absolute Gasteiger partial charge is 0.497 e. The highest BCUT2D eigenvalue weighted by atomic mass is 16.5. The number of aromatic nitrogens is 3. The van der Waals surface area contributed by atoms with Crippen LogP contribution in [0.3, 0.4) is 0 Å². The summed E-state index contributed by atoms with van der Waals surface area (Å²) < 4.78 is 7.21. The van der Waals surface area contributed by atoms with Crippen LogP contribution in [-0.4, -0.2) is 21.6 Å². The minimum absolute atomic E-state index is 0.488. The van der Waals surface area contributed by atoms with Gasteiger partial charge in [-0.05, 0) is 24.3 Å². The molecule has 0 fully saturated rings. The molecule has 2 heterocycles. The zero-order valence-corrected chi connectivity index (χ0v) is 10.8. The van der Waals surface area contributed by atoms with E-state index in [4.69, 9.17) is 10.5 Å². The maximum Gasteiger partial charge on any atom is 0.159 e. The van der Waals surface area contributed by atoms with Crippen molar-refractivity contribution in [3.05, 3.63) is 36.4 Å². The van der Waals surface area contributed by atoms with Gasteiger partial charge in [-0.2, -0.15) is 0 Å². The van der Waals surface area contributed by atoms with Crippen molar-refractivity contribution in [1.82, 2.24) is 14.5 Å². The molecule has 3 aromatic rings. The van der Waals surface area contributed by atoms with Gasteiger partial charge in [0.25, 0.3) is 0 Å². The van der Waals surface area contributed by atoms with E-state index in [-0.39, 0.29) is 0 Å². The fraction of sp³-hybridized carbons (Fsp3) is 0.143. The number of rotatable bonds is 2. The van der Waals surface area contributed by atoms with Gasteiger partial charge in [0.15, 0.2) is 5.82 Å². The van der Waals surface area contributed by atoms with Crippen molar-refractivity contribution in [2.45, 2.75) is 0 Å². The molecule has 0 radical (unpaired) electrons. The summed E-state index contributed by atoms with van der Waals surface area (Å²) in [5.74, 6) is 2.07. The predicted molar refractivity (Wildman–Crippen MR) is 74.9 cm³/mol. The van der Waals surface area contributed by atoms with Gasteiger partial charge in [0, 0.05) is 13.1 Å². The number of nitrogens with two attached hydrogens (primary N) is 1. The molecular weight excluding hydrogens is 240 g/mol. The number of nitrogen functional groups attached to an aromatic ring is 1. The van der Waals surface area contributed by atoms with Crippen LogP contribution in [0.2, 0.25) is 0 Å². The zero-order valence-electron chi connectivity index (χ0n) is 10.8. The number of imidazole rings is 1. The standard InChI is InChI=1S/C14H14N4O/c1-18-12-7-6-9(19-2)8-11(12)17-14(18)10-4-3-5-13(15)16-10/h3-8H,1-2H3,(H2,15,16). The Balaban J connectivity index is 2.22. The summed E-state index contributed by atoms with van der Waals surface area (Å²) in [6.45, 7) is 0. The summed E-state index contributed by atoms with van der Waals surface area (Å²) >= 11 is 0. The van der Waals surface area contributed by atoms with Crippen LogP contribution in [0.5, 0.6) is 5.75 Å². The summed E-state index contributed by atoms with van der Waals surface area (Å²) in [7, 11) is 3.60. The Morgan fingerprint density at radius 1 is 1.16 bits per heavy atom. The molecule has 1 aromatic carbocycles. The molecule has 3 rings (SSSR count). The highest BCUT2D eigenvalue weighted by Crippen LogP contribution is 2.25. The summed E-state index contributed by atoms with van der Waals surface area (Å²) in [6.07, 6.45) is 0. The van der Waals surface area contributed by atoms with E-state index >= 15 is 0 Å². The number of aryl methyl sites for hydroxylation is 1. The number of nitrogens with zero attached hydrogens (tertiary/aromatic N) is 3. The van der Waals surface area contributed by atoms with Crippen LogP contribution in [-0.2, 0) is 7.05 Å². The lowest BCUT2D eigenvalue weighted by molar-refractivity contribution is 0.415. The van der Waals surface area contributed by atoms with E-state index in [9.17, 15) is 0 Å². The molecule has 5 heteroatoms. The van der Waals surface area contributed by atoms with Gasteiger partial charge < -0.3 is 15.0 Å². The van der Waals surface area contributed by atoms with Crippen molar-refractivity contribution in [3.8, 4) is 17.3 Å². The minimum atomic E-state index is 0.488. The molecule has 0 aliphatic carbocycles. The molecule has 5 nitrogen and oxygen atoms in total. The number of hydrogen-bond acceptors (Lipinski definition) is 4. The number of ether oxygens (including phenoxy) is 1. The third kappa shape index (κ3) is 1.89. The van der Waals surface area contributed by atoms with E-state index in [1.165, 1.54) is 0 Å². The lowest BCUT2D eigenvalue weighted by Crippen LogP contribution is -1.97. The quantitative estimate of drug-likeness (QED) is 0.761. The Hall–Kier alpha value is -2.56. The smallest absolute Gasteiger partial charge is 0.159 e. The Morgan fingerprint density at radius 2 is 2.00 bits per heavy atom. The maximum absolute atomic E-state index is 5.72. The molecule has 0 aliphatic rings. The van der Waals surface area contributed by atoms with Crippen LogP contribution in [0, 0.1) is 0 Å². The van der Waals surface area contributed by atoms with Crippen LogP contribution >= 0.6 is 0 Å². The van der Waals surface area contributed by atoms with E-state index in [0.717, 1.165) is 28.3 Å². The second-order valence-corrected chi connectivity index (χ2v) is 4.30. The number of fused-ring (bicyclic) bond motifs is 1. The monoisotopic (exact) mass is 254 g/mol. The van der Waals surface area contributed by atoms with Gasteiger partial charge in [-0.25, -0.2) is 9.97 Å². The average molecular weight is 254 g/mol. The molecule has 96 valence electrons. The lowest BCUT2D eigenvalue weighted by atomic mass is 10.3. The van der Waals surface area contributed by atoms with E-state index in [2.05, 4.69) is 9.97 Å². The molecule has 0 saturated carbocycles. The van der Waals surface area contributed by atoms with E-state index in [1.807, 2.05) is 41.9 Å². The van der Waals surface area contributed by atoms with Crippen molar-refractivity contribution in [2.24, 2.45) is 7.05 Å². The first kappa shape index (κ1) is 11.5. The number of hydrogen-bond donors (Lipinski definition) is 1. The molecule has 0 bridgehead atoms. The minimum Gasteiger partial charge on any atom is -0.497 e. The Morgan fingerprint density at radius 3 is 2.74 bits per heavy atom. The molecule has 0 spiro atoms. The molecule has 2 aromatic heterocycles. The first-order chi connectivity index (χ1) is 9.19. The number of methoxy groups -OCH3 is 1. The van der Waals surface area contributed by atoms with E-state index < -0.39 is 0 Å². The van der Waals surface area contributed by atoms with Gasteiger partial charge in [0.1, 0.15) is 17.3 Å². The highest BCUT2D eigenvalue weighted by Gasteiger charge is 2.11. The first-order valence-electron chi connectivity index (χ1n) is 5.92. The molecule has 2 N–H and O–H groups in total. The molecule has 0 aliphatic heterocycles. The van der Waals surface area contributed by atoms with Crippen LogP contribution in [0.4, 0.5) is 5.82 Å². The topological polar surface area (TPSA) is 66.0 Å². The number of anilines is 1. The van der Waals surface area contributed by atoms with Gasteiger partial charge in [-0.3, -0.25) is 0 Å². The number of benzene rings is 1. The van der Waals surface area contributed by atoms with Gasteiger partial charge in [0.05, 0.1) is 18.1 Å². The number of pyridine rings is 1. The third-order valence-electron chi connectivity index (χ3n) is 3.09. The van der Waals surface area contributed by atoms with Crippen LogP contribution in [0.1, 0.15) is 0 Å². The fourth-order valence-electron chi connectivity index (χ4n) is 2.11. The van der Waals surface area contributed by atoms with Gasteiger partial charge in [-0.15, -0.1) is 0 Å². The molecule has 0 atom stereocenters. The predicted octanol–water partition coefficient (Wildman–Crippen LogP) is 2.23. The summed E-state index contributed by atoms with van der Waals surface area (Å²) in [5, 5.41) is 0. The summed E-state index contributed by atoms with van der Waals surface area (Å²) in [4.78, 5) is 8.90. The molecule has 19 heavy (non-hydrogen) atoms. The van der Waals surface area contributed by atoms with Crippen molar-refractivity contribution in [3.63, 3.8) is 0 Å². The van der Waals surface area contributed by atoms with Gasteiger partial charge in [-0.1, -0.05) is 6.07 Å². The van der Waals surface area contributed by atoms with Crippen molar-refractivity contribution < 1.29 is 4.74 Å². The molecule has 0 amide bonds.